The van der Waals surface area contributed by atoms with Crippen LogP contribution in [0.1, 0.15) is 12.0 Å². The summed E-state index contributed by atoms with van der Waals surface area (Å²) < 4.78 is 0. The Morgan fingerprint density at radius 2 is 2.27 bits per heavy atom. The lowest BCUT2D eigenvalue weighted by atomic mass is 10.1. The van der Waals surface area contributed by atoms with Crippen LogP contribution in [0.3, 0.4) is 0 Å². The van der Waals surface area contributed by atoms with Gasteiger partial charge in [0.15, 0.2) is 0 Å². The Bertz CT molecular complexity index is 353. The van der Waals surface area contributed by atoms with Crippen molar-refractivity contribution in [3.05, 3.63) is 34.9 Å². The van der Waals surface area contributed by atoms with E-state index in [2.05, 4.69) is 4.90 Å². The second-order valence-corrected chi connectivity index (χ2v) is 4.42. The SMILES string of the molecule is O=CC1CCN(Cc2ccccc2Cl)C1. The average molecular weight is 224 g/mol. The van der Waals surface area contributed by atoms with Crippen molar-refractivity contribution in [3.63, 3.8) is 0 Å². The monoisotopic (exact) mass is 223 g/mol. The Morgan fingerprint density at radius 3 is 2.93 bits per heavy atom. The van der Waals surface area contributed by atoms with Crippen molar-refractivity contribution in [3.8, 4) is 0 Å². The van der Waals surface area contributed by atoms with Crippen LogP contribution in [0.2, 0.25) is 5.02 Å². The van der Waals surface area contributed by atoms with Gasteiger partial charge in [-0.1, -0.05) is 29.8 Å². The third-order valence-electron chi connectivity index (χ3n) is 2.85. The number of hydrogen-bond acceptors (Lipinski definition) is 2. The second-order valence-electron chi connectivity index (χ2n) is 4.01. The molecule has 80 valence electrons. The van der Waals surface area contributed by atoms with Crippen LogP contribution in [0.15, 0.2) is 24.3 Å². The number of halogens is 1. The molecule has 1 atom stereocenters. The highest BCUT2D eigenvalue weighted by molar-refractivity contribution is 6.31. The predicted molar refractivity (Wildman–Crippen MR) is 60.9 cm³/mol. The number of nitrogens with zero attached hydrogens (tertiary/aromatic N) is 1. The van der Waals surface area contributed by atoms with Crippen LogP contribution in [0.5, 0.6) is 0 Å². The van der Waals surface area contributed by atoms with Gasteiger partial charge in [-0.05, 0) is 24.6 Å². The van der Waals surface area contributed by atoms with Crippen LogP contribution >= 0.6 is 11.6 Å². The molecule has 15 heavy (non-hydrogen) atoms. The fourth-order valence-corrected chi connectivity index (χ4v) is 2.18. The maximum Gasteiger partial charge on any atom is 0.124 e. The third kappa shape index (κ3) is 2.58. The molecule has 0 radical (unpaired) electrons. The zero-order valence-electron chi connectivity index (χ0n) is 8.53. The minimum atomic E-state index is 0.215. The summed E-state index contributed by atoms with van der Waals surface area (Å²) in [7, 11) is 0. The molecular weight excluding hydrogens is 210 g/mol. The van der Waals surface area contributed by atoms with Gasteiger partial charge in [-0.25, -0.2) is 0 Å². The topological polar surface area (TPSA) is 20.3 Å². The number of aldehydes is 1. The summed E-state index contributed by atoms with van der Waals surface area (Å²) in [5.74, 6) is 0.215. The maximum absolute atomic E-state index is 10.6. The first-order valence-corrected chi connectivity index (χ1v) is 5.58. The first-order chi connectivity index (χ1) is 7.29. The van der Waals surface area contributed by atoms with E-state index < -0.39 is 0 Å². The van der Waals surface area contributed by atoms with E-state index >= 15 is 0 Å². The van der Waals surface area contributed by atoms with Crippen molar-refractivity contribution in [1.29, 1.82) is 0 Å². The highest BCUT2D eigenvalue weighted by Gasteiger charge is 2.21. The van der Waals surface area contributed by atoms with Crippen molar-refractivity contribution in [2.75, 3.05) is 13.1 Å². The Hall–Kier alpha value is -0.860. The van der Waals surface area contributed by atoms with Crippen molar-refractivity contribution in [2.45, 2.75) is 13.0 Å². The van der Waals surface area contributed by atoms with Crippen LogP contribution in [0.25, 0.3) is 0 Å². The molecule has 2 rings (SSSR count). The molecule has 1 fully saturated rings. The number of carbonyl (C=O) groups excluding carboxylic acids is 1. The zero-order chi connectivity index (χ0) is 10.7. The molecule has 1 aliphatic heterocycles. The second kappa shape index (κ2) is 4.77. The molecule has 0 saturated carbocycles. The highest BCUT2D eigenvalue weighted by atomic mass is 35.5. The van der Waals surface area contributed by atoms with E-state index in [0.717, 1.165) is 42.9 Å². The molecule has 1 aromatic carbocycles. The minimum Gasteiger partial charge on any atom is -0.303 e. The Labute approximate surface area is 94.8 Å². The average Bonchev–Trinajstić information content (AvgIpc) is 2.69. The fraction of sp³-hybridized carbons (Fsp3) is 0.417. The van der Waals surface area contributed by atoms with Crippen molar-refractivity contribution in [2.24, 2.45) is 5.92 Å². The van der Waals surface area contributed by atoms with Crippen LogP contribution in [0.4, 0.5) is 0 Å². The van der Waals surface area contributed by atoms with E-state index in [1.54, 1.807) is 0 Å². The quantitative estimate of drug-likeness (QED) is 0.734. The van der Waals surface area contributed by atoms with Crippen LogP contribution < -0.4 is 0 Å². The zero-order valence-corrected chi connectivity index (χ0v) is 9.28. The van der Waals surface area contributed by atoms with Gasteiger partial charge in [0.25, 0.3) is 0 Å². The molecule has 1 aromatic rings. The van der Waals surface area contributed by atoms with Crippen LogP contribution in [-0.2, 0) is 11.3 Å². The number of rotatable bonds is 3. The highest BCUT2D eigenvalue weighted by Crippen LogP contribution is 2.21. The molecule has 0 aromatic heterocycles. The van der Waals surface area contributed by atoms with Gasteiger partial charge in [0.05, 0.1) is 0 Å². The van der Waals surface area contributed by atoms with Gasteiger partial charge >= 0.3 is 0 Å². The van der Waals surface area contributed by atoms with Gasteiger partial charge in [-0.3, -0.25) is 4.90 Å². The summed E-state index contributed by atoms with van der Waals surface area (Å²) in [5, 5.41) is 0.812. The van der Waals surface area contributed by atoms with E-state index in [1.807, 2.05) is 24.3 Å². The lowest BCUT2D eigenvalue weighted by molar-refractivity contribution is -0.110. The van der Waals surface area contributed by atoms with Crippen molar-refractivity contribution < 1.29 is 4.79 Å². The molecule has 0 bridgehead atoms. The standard InChI is InChI=1S/C12H14ClNO/c13-12-4-2-1-3-11(12)8-14-6-5-10(7-14)9-15/h1-4,9-10H,5-8H2. The van der Waals surface area contributed by atoms with E-state index in [4.69, 9.17) is 11.6 Å². The number of hydrogen-bond donors (Lipinski definition) is 0. The summed E-state index contributed by atoms with van der Waals surface area (Å²) >= 11 is 6.08. The smallest absolute Gasteiger partial charge is 0.124 e. The molecular formula is C12H14ClNO. The van der Waals surface area contributed by atoms with Gasteiger partial charge in [0.2, 0.25) is 0 Å². The first-order valence-electron chi connectivity index (χ1n) is 5.20. The van der Waals surface area contributed by atoms with E-state index in [9.17, 15) is 4.79 Å². The maximum atomic E-state index is 10.6. The molecule has 0 spiro atoms. The summed E-state index contributed by atoms with van der Waals surface area (Å²) in [5.41, 5.74) is 1.14. The van der Waals surface area contributed by atoms with Gasteiger partial charge in [0.1, 0.15) is 6.29 Å². The Balaban J connectivity index is 1.98. The van der Waals surface area contributed by atoms with Crippen LogP contribution in [0, 0.1) is 5.92 Å². The predicted octanol–water partition coefficient (Wildman–Crippen LogP) is 2.36. The summed E-state index contributed by atoms with van der Waals surface area (Å²) in [4.78, 5) is 12.9. The fourth-order valence-electron chi connectivity index (χ4n) is 1.98. The van der Waals surface area contributed by atoms with Crippen molar-refractivity contribution in [1.82, 2.24) is 4.90 Å². The first kappa shape index (κ1) is 10.7. The largest absolute Gasteiger partial charge is 0.303 e. The molecule has 0 N–H and O–H groups in total. The summed E-state index contributed by atoms with van der Waals surface area (Å²) in [6.07, 6.45) is 2.04. The van der Waals surface area contributed by atoms with E-state index in [0.29, 0.717) is 0 Å². The van der Waals surface area contributed by atoms with Crippen molar-refractivity contribution >= 4 is 17.9 Å². The Kier molecular flexibility index (Phi) is 3.39. The molecule has 0 amide bonds. The van der Waals surface area contributed by atoms with Gasteiger partial charge in [-0.15, -0.1) is 0 Å². The lowest BCUT2D eigenvalue weighted by Gasteiger charge is -2.15. The molecule has 1 saturated heterocycles. The number of carbonyl (C=O) groups is 1. The molecule has 2 nitrogen and oxygen atoms in total. The number of likely N-dealkylation sites (tertiary alicyclic amines) is 1. The molecule has 3 heteroatoms. The molecule has 1 heterocycles. The van der Waals surface area contributed by atoms with E-state index in [-0.39, 0.29) is 5.92 Å². The van der Waals surface area contributed by atoms with Gasteiger partial charge in [0, 0.05) is 24.0 Å². The summed E-state index contributed by atoms with van der Waals surface area (Å²) in [6, 6.07) is 7.87. The Morgan fingerprint density at radius 1 is 1.47 bits per heavy atom. The minimum absolute atomic E-state index is 0.215. The molecule has 1 unspecified atom stereocenters. The molecule has 1 aliphatic rings. The normalized spacial score (nSPS) is 21.8. The van der Waals surface area contributed by atoms with Gasteiger partial charge in [-0.2, -0.15) is 0 Å². The molecule has 0 aliphatic carbocycles. The lowest BCUT2D eigenvalue weighted by Crippen LogP contribution is -2.20. The third-order valence-corrected chi connectivity index (χ3v) is 3.22. The summed E-state index contributed by atoms with van der Waals surface area (Å²) in [6.45, 7) is 2.72. The van der Waals surface area contributed by atoms with E-state index in [1.165, 1.54) is 0 Å². The van der Waals surface area contributed by atoms with Crippen LogP contribution in [-0.4, -0.2) is 24.3 Å². The van der Waals surface area contributed by atoms with Gasteiger partial charge < -0.3 is 4.79 Å². The number of benzene rings is 1.